The lowest BCUT2D eigenvalue weighted by Gasteiger charge is -2.26. The average molecular weight is 274 g/mol. The minimum absolute atomic E-state index is 0.0672. The third kappa shape index (κ3) is 4.57. The molecule has 2 rings (SSSR count). The Morgan fingerprint density at radius 3 is 3.15 bits per heavy atom. The minimum Gasteiger partial charge on any atom is -0.492 e. The molecule has 2 N–H and O–H groups in total. The first-order valence-corrected chi connectivity index (χ1v) is 6.59. The van der Waals surface area contributed by atoms with Crippen LogP contribution in [0.25, 0.3) is 0 Å². The van der Waals surface area contributed by atoms with Crippen molar-refractivity contribution in [2.24, 2.45) is 0 Å². The van der Waals surface area contributed by atoms with Crippen LogP contribution in [-0.2, 0) is 4.79 Å². The van der Waals surface area contributed by atoms with Gasteiger partial charge in [0, 0.05) is 25.2 Å². The van der Waals surface area contributed by atoms with Crippen molar-refractivity contribution in [3.05, 3.63) is 29.8 Å². The number of nitrogens with zero attached hydrogens (tertiary/aromatic N) is 1. The maximum Gasteiger partial charge on any atom is 0.234 e. The smallest absolute Gasteiger partial charge is 0.234 e. The van der Waals surface area contributed by atoms with Crippen molar-refractivity contribution in [2.75, 3.05) is 39.4 Å². The Morgan fingerprint density at radius 2 is 2.35 bits per heavy atom. The maximum atomic E-state index is 11.2. The highest BCUT2D eigenvalue weighted by Crippen LogP contribution is 2.12. The van der Waals surface area contributed by atoms with E-state index in [-0.39, 0.29) is 12.5 Å². The molecule has 0 atom stereocenters. The highest BCUT2D eigenvalue weighted by Gasteiger charge is 2.15. The molecule has 0 aliphatic carbocycles. The second-order valence-corrected chi connectivity index (χ2v) is 4.46. The van der Waals surface area contributed by atoms with E-state index in [1.807, 2.05) is 24.3 Å². The van der Waals surface area contributed by atoms with Crippen molar-refractivity contribution < 1.29 is 14.6 Å². The largest absolute Gasteiger partial charge is 0.492 e. The summed E-state index contributed by atoms with van der Waals surface area (Å²) in [5.74, 6) is 6.25. The number of aliphatic hydroxyl groups excluding tert-OH is 1. The molecule has 0 aromatic heterocycles. The van der Waals surface area contributed by atoms with Crippen LogP contribution in [0.2, 0.25) is 0 Å². The summed E-state index contributed by atoms with van der Waals surface area (Å²) >= 11 is 0. The van der Waals surface area contributed by atoms with Crippen molar-refractivity contribution in [1.82, 2.24) is 10.2 Å². The quantitative estimate of drug-likeness (QED) is 0.749. The lowest BCUT2D eigenvalue weighted by atomic mass is 10.2. The van der Waals surface area contributed by atoms with Crippen LogP contribution in [0.1, 0.15) is 5.56 Å². The summed E-state index contributed by atoms with van der Waals surface area (Å²) in [4.78, 5) is 13.3. The number of ether oxygens (including phenoxy) is 1. The summed E-state index contributed by atoms with van der Waals surface area (Å²) in [5, 5.41) is 11.5. The van der Waals surface area contributed by atoms with E-state index in [9.17, 15) is 4.79 Å². The molecule has 0 unspecified atom stereocenters. The molecule has 0 radical (unpaired) electrons. The first-order valence-electron chi connectivity index (χ1n) is 6.59. The number of hydrogen-bond donors (Lipinski definition) is 2. The maximum absolute atomic E-state index is 11.2. The summed E-state index contributed by atoms with van der Waals surface area (Å²) in [5.41, 5.74) is 0.814. The van der Waals surface area contributed by atoms with E-state index >= 15 is 0 Å². The number of piperazine rings is 1. The predicted molar refractivity (Wildman–Crippen MR) is 75.4 cm³/mol. The number of carbonyl (C=O) groups excluding carboxylic acids is 1. The summed E-state index contributed by atoms with van der Waals surface area (Å²) in [6, 6.07) is 7.44. The highest BCUT2D eigenvalue weighted by atomic mass is 16.5. The lowest BCUT2D eigenvalue weighted by Crippen LogP contribution is -2.48. The molecule has 1 aromatic rings. The molecule has 1 aliphatic heterocycles. The molecule has 5 nitrogen and oxygen atoms in total. The molecule has 1 aliphatic rings. The van der Waals surface area contributed by atoms with Gasteiger partial charge < -0.3 is 15.2 Å². The minimum atomic E-state index is -0.151. The second kappa shape index (κ2) is 7.53. The topological polar surface area (TPSA) is 61.8 Å². The average Bonchev–Trinajstić information content (AvgIpc) is 2.46. The molecule has 1 heterocycles. The fourth-order valence-corrected chi connectivity index (χ4v) is 1.98. The molecule has 0 saturated carbocycles. The van der Waals surface area contributed by atoms with Crippen LogP contribution in [0.4, 0.5) is 0 Å². The SMILES string of the molecule is O=C1CN(CCOc2cccc(C#CCO)c2)CCN1. The van der Waals surface area contributed by atoms with E-state index in [1.165, 1.54) is 0 Å². The van der Waals surface area contributed by atoms with Gasteiger partial charge in [-0.25, -0.2) is 0 Å². The molecule has 0 spiro atoms. The summed E-state index contributed by atoms with van der Waals surface area (Å²) in [6.07, 6.45) is 0. The number of hydrogen-bond acceptors (Lipinski definition) is 4. The number of rotatable bonds is 4. The highest BCUT2D eigenvalue weighted by molar-refractivity contribution is 5.78. The number of amides is 1. The third-order valence-electron chi connectivity index (χ3n) is 2.94. The van der Waals surface area contributed by atoms with Gasteiger partial charge in [-0.1, -0.05) is 17.9 Å². The molecule has 0 bridgehead atoms. The van der Waals surface area contributed by atoms with Crippen LogP contribution >= 0.6 is 0 Å². The molecule has 1 saturated heterocycles. The Kier molecular flexibility index (Phi) is 5.42. The van der Waals surface area contributed by atoms with Crippen LogP contribution in [0, 0.1) is 11.8 Å². The van der Waals surface area contributed by atoms with E-state index < -0.39 is 0 Å². The fourth-order valence-electron chi connectivity index (χ4n) is 1.98. The van der Waals surface area contributed by atoms with Gasteiger partial charge >= 0.3 is 0 Å². The predicted octanol–water partition coefficient (Wildman–Crippen LogP) is -0.159. The Labute approximate surface area is 118 Å². The zero-order valence-electron chi connectivity index (χ0n) is 11.3. The van der Waals surface area contributed by atoms with E-state index in [2.05, 4.69) is 22.1 Å². The summed E-state index contributed by atoms with van der Waals surface area (Å²) in [6.45, 7) is 3.10. The molecule has 106 valence electrons. The first-order chi connectivity index (χ1) is 9.78. The van der Waals surface area contributed by atoms with E-state index in [0.717, 1.165) is 24.4 Å². The first kappa shape index (κ1) is 14.4. The Hall–Kier alpha value is -2.03. The number of aliphatic hydroxyl groups is 1. The zero-order valence-corrected chi connectivity index (χ0v) is 11.3. The number of benzene rings is 1. The Balaban J connectivity index is 1.80. The van der Waals surface area contributed by atoms with Crippen LogP contribution in [0.15, 0.2) is 24.3 Å². The van der Waals surface area contributed by atoms with Gasteiger partial charge in [-0.15, -0.1) is 0 Å². The van der Waals surface area contributed by atoms with Crippen molar-refractivity contribution in [3.63, 3.8) is 0 Å². The van der Waals surface area contributed by atoms with Gasteiger partial charge in [-0.05, 0) is 18.2 Å². The van der Waals surface area contributed by atoms with Crippen LogP contribution in [-0.4, -0.2) is 55.3 Å². The monoisotopic (exact) mass is 274 g/mol. The number of carbonyl (C=O) groups is 1. The Bertz CT molecular complexity index is 519. The molecule has 1 amide bonds. The van der Waals surface area contributed by atoms with Gasteiger partial charge in [0.1, 0.15) is 19.0 Å². The van der Waals surface area contributed by atoms with Gasteiger partial charge in [-0.2, -0.15) is 0 Å². The van der Waals surface area contributed by atoms with Gasteiger partial charge in [0.05, 0.1) is 6.54 Å². The third-order valence-corrected chi connectivity index (χ3v) is 2.94. The van der Waals surface area contributed by atoms with Gasteiger partial charge in [0.2, 0.25) is 5.91 Å². The molecular weight excluding hydrogens is 256 g/mol. The zero-order chi connectivity index (χ0) is 14.2. The van der Waals surface area contributed by atoms with Crippen molar-refractivity contribution in [3.8, 4) is 17.6 Å². The van der Waals surface area contributed by atoms with E-state index in [1.54, 1.807) is 0 Å². The van der Waals surface area contributed by atoms with Crippen LogP contribution < -0.4 is 10.1 Å². The standard InChI is InChI=1S/C15H18N2O3/c18-9-2-4-13-3-1-5-14(11-13)20-10-8-17-7-6-16-15(19)12-17/h1,3,5,11,18H,6-10,12H2,(H,16,19). The summed E-state index contributed by atoms with van der Waals surface area (Å²) in [7, 11) is 0. The normalized spacial score (nSPS) is 15.2. The number of nitrogens with one attached hydrogen (secondary N) is 1. The van der Waals surface area contributed by atoms with Crippen molar-refractivity contribution >= 4 is 5.91 Å². The van der Waals surface area contributed by atoms with Gasteiger partial charge in [0.25, 0.3) is 0 Å². The summed E-state index contributed by atoms with van der Waals surface area (Å²) < 4.78 is 5.66. The van der Waals surface area contributed by atoms with Crippen LogP contribution in [0.3, 0.4) is 0 Å². The van der Waals surface area contributed by atoms with E-state index in [4.69, 9.17) is 9.84 Å². The van der Waals surface area contributed by atoms with Crippen molar-refractivity contribution in [1.29, 1.82) is 0 Å². The van der Waals surface area contributed by atoms with Crippen molar-refractivity contribution in [2.45, 2.75) is 0 Å². The van der Waals surface area contributed by atoms with Gasteiger partial charge in [0.15, 0.2) is 0 Å². The Morgan fingerprint density at radius 1 is 1.45 bits per heavy atom. The molecule has 20 heavy (non-hydrogen) atoms. The van der Waals surface area contributed by atoms with Crippen LogP contribution in [0.5, 0.6) is 5.75 Å². The molecule has 1 fully saturated rings. The molecular formula is C15H18N2O3. The fraction of sp³-hybridized carbons (Fsp3) is 0.400. The molecule has 5 heteroatoms. The van der Waals surface area contributed by atoms with E-state index in [0.29, 0.717) is 19.7 Å². The molecule has 1 aromatic carbocycles. The lowest BCUT2D eigenvalue weighted by molar-refractivity contribution is -0.124. The second-order valence-electron chi connectivity index (χ2n) is 4.46. The van der Waals surface area contributed by atoms with Gasteiger partial charge in [-0.3, -0.25) is 9.69 Å².